The topological polar surface area (TPSA) is 37.3 Å². The Labute approximate surface area is 85.9 Å². The van der Waals surface area contributed by atoms with Gasteiger partial charge in [-0.2, -0.15) is 11.8 Å². The fourth-order valence-corrected chi connectivity index (χ4v) is 1.79. The quantitative estimate of drug-likeness (QED) is 0.844. The summed E-state index contributed by atoms with van der Waals surface area (Å²) in [6.45, 7) is 0. The van der Waals surface area contributed by atoms with Crippen molar-refractivity contribution in [3.8, 4) is 0 Å². The maximum absolute atomic E-state index is 10.6. The number of halogens is 1. The highest BCUT2D eigenvalue weighted by Gasteiger charge is 2.07. The van der Waals surface area contributed by atoms with E-state index < -0.39 is 5.97 Å². The summed E-state index contributed by atoms with van der Waals surface area (Å²) in [4.78, 5) is 10.6. The zero-order chi connectivity index (χ0) is 9.84. The molecule has 0 aliphatic carbocycles. The van der Waals surface area contributed by atoms with Crippen molar-refractivity contribution >= 4 is 29.3 Å². The molecule has 0 aliphatic rings. The maximum atomic E-state index is 10.6. The Bertz CT molecular complexity index is 325. The van der Waals surface area contributed by atoms with E-state index in [2.05, 4.69) is 0 Å². The molecule has 0 unspecified atom stereocenters. The smallest absolute Gasteiger partial charge is 0.337 e. The van der Waals surface area contributed by atoms with E-state index in [9.17, 15) is 4.79 Å². The van der Waals surface area contributed by atoms with E-state index in [1.165, 1.54) is 6.07 Å². The third-order valence-electron chi connectivity index (χ3n) is 1.57. The molecule has 1 aromatic rings. The molecule has 1 rings (SSSR count). The molecule has 0 saturated heterocycles. The van der Waals surface area contributed by atoms with Crippen LogP contribution in [0.15, 0.2) is 18.2 Å². The zero-order valence-electron chi connectivity index (χ0n) is 7.08. The second kappa shape index (κ2) is 4.53. The van der Waals surface area contributed by atoms with Crippen LogP contribution in [0.1, 0.15) is 15.9 Å². The number of aromatic carboxylic acids is 1. The summed E-state index contributed by atoms with van der Waals surface area (Å²) in [5, 5.41) is 9.00. The summed E-state index contributed by atoms with van der Waals surface area (Å²) in [7, 11) is 0. The van der Waals surface area contributed by atoms with Crippen LogP contribution in [0.25, 0.3) is 0 Å². The number of hydrogen-bond donors (Lipinski definition) is 1. The predicted molar refractivity (Wildman–Crippen MR) is 55.6 cm³/mol. The van der Waals surface area contributed by atoms with Gasteiger partial charge in [-0.1, -0.05) is 17.7 Å². The zero-order valence-corrected chi connectivity index (χ0v) is 8.65. The van der Waals surface area contributed by atoms with Crippen LogP contribution in [0.3, 0.4) is 0 Å². The molecule has 0 atom stereocenters. The van der Waals surface area contributed by atoms with Crippen molar-refractivity contribution in [3.05, 3.63) is 34.3 Å². The highest BCUT2D eigenvalue weighted by Crippen LogP contribution is 2.20. The SMILES string of the molecule is CSCc1ccc(C(=O)O)c(Cl)c1. The molecule has 4 heteroatoms. The first-order valence-electron chi connectivity index (χ1n) is 3.66. The van der Waals surface area contributed by atoms with E-state index in [-0.39, 0.29) is 5.56 Å². The molecular formula is C9H9ClO2S. The van der Waals surface area contributed by atoms with Crippen LogP contribution in [-0.4, -0.2) is 17.3 Å². The summed E-state index contributed by atoms with van der Waals surface area (Å²) < 4.78 is 0. The van der Waals surface area contributed by atoms with Gasteiger partial charge in [0.15, 0.2) is 0 Å². The summed E-state index contributed by atoms with van der Waals surface area (Å²) in [6, 6.07) is 5.02. The van der Waals surface area contributed by atoms with Gasteiger partial charge in [-0.05, 0) is 24.0 Å². The lowest BCUT2D eigenvalue weighted by molar-refractivity contribution is 0.0697. The van der Waals surface area contributed by atoms with E-state index >= 15 is 0 Å². The molecule has 13 heavy (non-hydrogen) atoms. The number of carboxylic acid groups (broad SMARTS) is 1. The van der Waals surface area contributed by atoms with Crippen LogP contribution in [0.2, 0.25) is 5.02 Å². The number of carbonyl (C=O) groups is 1. The Morgan fingerprint density at radius 3 is 2.77 bits per heavy atom. The Morgan fingerprint density at radius 2 is 2.31 bits per heavy atom. The minimum atomic E-state index is -0.985. The van der Waals surface area contributed by atoms with Crippen LogP contribution in [0, 0.1) is 0 Å². The van der Waals surface area contributed by atoms with Gasteiger partial charge < -0.3 is 5.11 Å². The standard InChI is InChI=1S/C9H9ClO2S/c1-13-5-6-2-3-7(9(11)12)8(10)4-6/h2-4H,5H2,1H3,(H,11,12). The van der Waals surface area contributed by atoms with Crippen molar-refractivity contribution in [2.24, 2.45) is 0 Å². The Kier molecular flexibility index (Phi) is 3.63. The molecule has 0 bridgehead atoms. The molecule has 2 nitrogen and oxygen atoms in total. The predicted octanol–water partition coefficient (Wildman–Crippen LogP) is 2.90. The fraction of sp³-hybridized carbons (Fsp3) is 0.222. The van der Waals surface area contributed by atoms with Crippen LogP contribution in [0.4, 0.5) is 0 Å². The maximum Gasteiger partial charge on any atom is 0.337 e. The van der Waals surface area contributed by atoms with Crippen molar-refractivity contribution < 1.29 is 9.90 Å². The molecule has 0 aromatic heterocycles. The first kappa shape index (κ1) is 10.4. The molecule has 0 radical (unpaired) electrons. The van der Waals surface area contributed by atoms with E-state index in [0.717, 1.165) is 11.3 Å². The molecule has 0 aliphatic heterocycles. The van der Waals surface area contributed by atoms with Gasteiger partial charge in [-0.25, -0.2) is 4.79 Å². The summed E-state index contributed by atoms with van der Waals surface area (Å²) >= 11 is 7.44. The van der Waals surface area contributed by atoms with E-state index in [0.29, 0.717) is 5.02 Å². The highest BCUT2D eigenvalue weighted by molar-refractivity contribution is 7.97. The third kappa shape index (κ3) is 2.64. The summed E-state index contributed by atoms with van der Waals surface area (Å²) in [5.41, 5.74) is 1.20. The van der Waals surface area contributed by atoms with Gasteiger partial charge in [0, 0.05) is 5.75 Å². The van der Waals surface area contributed by atoms with E-state index in [1.54, 1.807) is 23.9 Å². The van der Waals surface area contributed by atoms with Crippen molar-refractivity contribution in [3.63, 3.8) is 0 Å². The highest BCUT2D eigenvalue weighted by atomic mass is 35.5. The molecule has 0 heterocycles. The van der Waals surface area contributed by atoms with Gasteiger partial charge in [-0.3, -0.25) is 0 Å². The van der Waals surface area contributed by atoms with E-state index in [1.807, 2.05) is 6.26 Å². The third-order valence-corrected chi connectivity index (χ3v) is 2.51. The number of rotatable bonds is 3. The molecule has 70 valence electrons. The molecule has 0 spiro atoms. The normalized spacial score (nSPS) is 10.0. The second-order valence-electron chi connectivity index (χ2n) is 2.55. The van der Waals surface area contributed by atoms with Crippen molar-refractivity contribution in [2.75, 3.05) is 6.26 Å². The Hall–Kier alpha value is -0.670. The average Bonchev–Trinajstić information content (AvgIpc) is 2.04. The Balaban J connectivity index is 2.98. The van der Waals surface area contributed by atoms with Crippen molar-refractivity contribution in [1.82, 2.24) is 0 Å². The van der Waals surface area contributed by atoms with Crippen molar-refractivity contribution in [2.45, 2.75) is 5.75 Å². The number of hydrogen-bond acceptors (Lipinski definition) is 2. The lowest BCUT2D eigenvalue weighted by Crippen LogP contribution is -1.97. The first-order valence-corrected chi connectivity index (χ1v) is 5.43. The summed E-state index contributed by atoms with van der Waals surface area (Å²) in [5.74, 6) is -0.139. The molecule has 1 aromatic carbocycles. The van der Waals surface area contributed by atoms with Crippen LogP contribution in [-0.2, 0) is 5.75 Å². The first-order chi connectivity index (χ1) is 6.15. The largest absolute Gasteiger partial charge is 0.478 e. The number of thioether (sulfide) groups is 1. The van der Waals surface area contributed by atoms with Crippen LogP contribution in [0.5, 0.6) is 0 Å². The van der Waals surface area contributed by atoms with Gasteiger partial charge in [0.25, 0.3) is 0 Å². The van der Waals surface area contributed by atoms with Gasteiger partial charge in [0.1, 0.15) is 0 Å². The van der Waals surface area contributed by atoms with Crippen LogP contribution >= 0.6 is 23.4 Å². The Morgan fingerprint density at radius 1 is 1.62 bits per heavy atom. The van der Waals surface area contributed by atoms with Gasteiger partial charge in [0.2, 0.25) is 0 Å². The average molecular weight is 217 g/mol. The molecule has 0 fully saturated rings. The second-order valence-corrected chi connectivity index (χ2v) is 3.83. The van der Waals surface area contributed by atoms with Crippen molar-refractivity contribution in [1.29, 1.82) is 0 Å². The lowest BCUT2D eigenvalue weighted by atomic mass is 10.1. The van der Waals surface area contributed by atoms with Gasteiger partial charge >= 0.3 is 5.97 Å². The minimum Gasteiger partial charge on any atom is -0.478 e. The molecular weight excluding hydrogens is 208 g/mol. The van der Waals surface area contributed by atoms with Gasteiger partial charge in [0.05, 0.1) is 10.6 Å². The molecule has 0 amide bonds. The van der Waals surface area contributed by atoms with E-state index in [4.69, 9.17) is 16.7 Å². The lowest BCUT2D eigenvalue weighted by Gasteiger charge is -2.01. The minimum absolute atomic E-state index is 0.159. The van der Waals surface area contributed by atoms with Gasteiger partial charge in [-0.15, -0.1) is 0 Å². The molecule has 0 saturated carbocycles. The number of benzene rings is 1. The number of carboxylic acids is 1. The summed E-state index contributed by atoms with van der Waals surface area (Å²) in [6.07, 6.45) is 1.99. The molecule has 1 N–H and O–H groups in total. The van der Waals surface area contributed by atoms with Crippen LogP contribution < -0.4 is 0 Å². The fourth-order valence-electron chi connectivity index (χ4n) is 0.989. The monoisotopic (exact) mass is 216 g/mol.